The molecule has 0 aliphatic carbocycles. The molecular weight excluding hydrogens is 190 g/mol. The van der Waals surface area contributed by atoms with Crippen LogP contribution < -0.4 is 5.32 Å². The molecular formula is C12H14NO2+. The van der Waals surface area contributed by atoms with E-state index in [4.69, 9.17) is 4.42 Å². The van der Waals surface area contributed by atoms with Gasteiger partial charge in [-0.15, -0.1) is 0 Å². The van der Waals surface area contributed by atoms with E-state index in [1.165, 1.54) is 0 Å². The van der Waals surface area contributed by atoms with E-state index >= 15 is 0 Å². The van der Waals surface area contributed by atoms with E-state index in [-0.39, 0.29) is 0 Å². The van der Waals surface area contributed by atoms with Crippen LogP contribution in [0.1, 0.15) is 11.3 Å². The number of hydrogen-bond donors (Lipinski definition) is 2. The van der Waals surface area contributed by atoms with Crippen LogP contribution in [0.3, 0.4) is 0 Å². The Hall–Kier alpha value is -1.74. The smallest absolute Gasteiger partial charge is 0.157 e. The Kier molecular flexibility index (Phi) is 3.05. The molecule has 0 radical (unpaired) electrons. The van der Waals surface area contributed by atoms with Crippen molar-refractivity contribution in [3.8, 4) is 5.75 Å². The third kappa shape index (κ3) is 2.86. The molecule has 2 aromatic rings. The number of phenolic OH excluding ortho intramolecular Hbond substituents is 1. The summed E-state index contributed by atoms with van der Waals surface area (Å²) in [4.78, 5) is 0. The van der Waals surface area contributed by atoms with E-state index in [0.717, 1.165) is 24.4 Å². The number of furan rings is 1. The van der Waals surface area contributed by atoms with Gasteiger partial charge in [-0.2, -0.15) is 0 Å². The van der Waals surface area contributed by atoms with Crippen molar-refractivity contribution in [3.05, 3.63) is 54.0 Å². The summed E-state index contributed by atoms with van der Waals surface area (Å²) in [7, 11) is 0. The molecule has 0 unspecified atom stereocenters. The van der Waals surface area contributed by atoms with Gasteiger partial charge in [-0.3, -0.25) is 0 Å². The summed E-state index contributed by atoms with van der Waals surface area (Å²) >= 11 is 0. The molecule has 0 saturated carbocycles. The highest BCUT2D eigenvalue weighted by molar-refractivity contribution is 5.26. The molecule has 0 bridgehead atoms. The predicted octanol–water partition coefficient (Wildman–Crippen LogP) is 1.25. The van der Waals surface area contributed by atoms with Crippen molar-refractivity contribution in [1.82, 2.24) is 0 Å². The van der Waals surface area contributed by atoms with Crippen LogP contribution in [0.15, 0.2) is 47.1 Å². The van der Waals surface area contributed by atoms with Gasteiger partial charge in [-0.25, -0.2) is 0 Å². The Morgan fingerprint density at radius 2 is 2.07 bits per heavy atom. The Balaban J connectivity index is 1.83. The normalized spacial score (nSPS) is 10.4. The van der Waals surface area contributed by atoms with Crippen molar-refractivity contribution < 1.29 is 14.8 Å². The van der Waals surface area contributed by atoms with Crippen molar-refractivity contribution in [2.45, 2.75) is 13.1 Å². The maximum absolute atomic E-state index is 9.26. The highest BCUT2D eigenvalue weighted by Gasteiger charge is 1.99. The number of quaternary nitrogens is 1. The lowest BCUT2D eigenvalue weighted by Gasteiger charge is -2.00. The Bertz CT molecular complexity index is 409. The average molecular weight is 204 g/mol. The number of aromatic hydroxyl groups is 1. The molecule has 15 heavy (non-hydrogen) atoms. The Labute approximate surface area is 88.4 Å². The van der Waals surface area contributed by atoms with Crippen molar-refractivity contribution in [2.75, 3.05) is 0 Å². The number of nitrogens with two attached hydrogens (primary N) is 1. The fourth-order valence-electron chi connectivity index (χ4n) is 1.49. The van der Waals surface area contributed by atoms with Gasteiger partial charge in [0.15, 0.2) is 5.76 Å². The first-order valence-corrected chi connectivity index (χ1v) is 4.96. The maximum Gasteiger partial charge on any atom is 0.157 e. The fraction of sp³-hybridized carbons (Fsp3) is 0.167. The largest absolute Gasteiger partial charge is 0.508 e. The van der Waals surface area contributed by atoms with Gasteiger partial charge in [-0.05, 0) is 24.3 Å². The molecule has 3 nitrogen and oxygen atoms in total. The molecule has 1 aromatic carbocycles. The van der Waals surface area contributed by atoms with Crippen molar-refractivity contribution in [2.24, 2.45) is 0 Å². The average Bonchev–Trinajstić information content (AvgIpc) is 2.71. The molecule has 2 rings (SSSR count). The zero-order valence-corrected chi connectivity index (χ0v) is 8.39. The van der Waals surface area contributed by atoms with Gasteiger partial charge in [0.25, 0.3) is 0 Å². The molecule has 0 aliphatic rings. The van der Waals surface area contributed by atoms with Crippen LogP contribution in [0.2, 0.25) is 0 Å². The number of phenols is 1. The third-order valence-electron chi connectivity index (χ3n) is 2.22. The lowest BCUT2D eigenvalue weighted by atomic mass is 10.2. The molecule has 3 N–H and O–H groups in total. The van der Waals surface area contributed by atoms with Gasteiger partial charge >= 0.3 is 0 Å². The summed E-state index contributed by atoms with van der Waals surface area (Å²) < 4.78 is 5.21. The molecule has 0 atom stereocenters. The second-order valence-electron chi connectivity index (χ2n) is 3.45. The van der Waals surface area contributed by atoms with Crippen molar-refractivity contribution in [3.63, 3.8) is 0 Å². The summed E-state index contributed by atoms with van der Waals surface area (Å²) in [5.74, 6) is 1.29. The zero-order valence-electron chi connectivity index (χ0n) is 8.39. The highest BCUT2D eigenvalue weighted by Crippen LogP contribution is 2.09. The quantitative estimate of drug-likeness (QED) is 0.787. The van der Waals surface area contributed by atoms with Gasteiger partial charge in [-0.1, -0.05) is 12.1 Å². The third-order valence-corrected chi connectivity index (χ3v) is 2.22. The van der Waals surface area contributed by atoms with E-state index in [1.807, 2.05) is 24.3 Å². The van der Waals surface area contributed by atoms with Crippen LogP contribution in [0.25, 0.3) is 0 Å². The lowest BCUT2D eigenvalue weighted by molar-refractivity contribution is -0.688. The summed E-state index contributed by atoms with van der Waals surface area (Å²) in [5, 5.41) is 11.4. The van der Waals surface area contributed by atoms with Crippen LogP contribution in [-0.2, 0) is 13.1 Å². The second kappa shape index (κ2) is 4.66. The molecule has 1 heterocycles. The van der Waals surface area contributed by atoms with Crippen LogP contribution in [0.4, 0.5) is 0 Å². The number of hydrogen-bond acceptors (Lipinski definition) is 2. The van der Waals surface area contributed by atoms with Crippen LogP contribution in [0, 0.1) is 0 Å². The molecule has 0 amide bonds. The first kappa shape index (κ1) is 9.80. The van der Waals surface area contributed by atoms with Crippen molar-refractivity contribution in [1.29, 1.82) is 0 Å². The summed E-state index contributed by atoms with van der Waals surface area (Å²) in [6.07, 6.45) is 1.68. The monoisotopic (exact) mass is 204 g/mol. The predicted molar refractivity (Wildman–Crippen MR) is 56.1 cm³/mol. The van der Waals surface area contributed by atoms with Gasteiger partial charge < -0.3 is 14.8 Å². The topological polar surface area (TPSA) is 50.0 Å². The van der Waals surface area contributed by atoms with Crippen LogP contribution in [-0.4, -0.2) is 5.11 Å². The summed E-state index contributed by atoms with van der Waals surface area (Å²) in [6, 6.07) is 11.1. The Morgan fingerprint density at radius 1 is 1.13 bits per heavy atom. The SMILES string of the molecule is Oc1cccc(C[NH2+]Cc2ccco2)c1. The number of benzene rings is 1. The van der Waals surface area contributed by atoms with E-state index in [2.05, 4.69) is 5.32 Å². The molecule has 0 spiro atoms. The molecule has 0 fully saturated rings. The van der Waals surface area contributed by atoms with Gasteiger partial charge in [0.1, 0.15) is 18.8 Å². The van der Waals surface area contributed by atoms with Gasteiger partial charge in [0.05, 0.1) is 6.26 Å². The van der Waals surface area contributed by atoms with E-state index in [1.54, 1.807) is 18.4 Å². The lowest BCUT2D eigenvalue weighted by Crippen LogP contribution is -2.80. The minimum Gasteiger partial charge on any atom is -0.508 e. The van der Waals surface area contributed by atoms with E-state index in [9.17, 15) is 5.11 Å². The second-order valence-corrected chi connectivity index (χ2v) is 3.45. The van der Waals surface area contributed by atoms with Crippen LogP contribution >= 0.6 is 0 Å². The first-order chi connectivity index (χ1) is 7.34. The Morgan fingerprint density at radius 3 is 2.80 bits per heavy atom. The first-order valence-electron chi connectivity index (χ1n) is 4.96. The number of rotatable bonds is 4. The molecule has 0 saturated heterocycles. The molecule has 3 heteroatoms. The molecule has 1 aromatic heterocycles. The standard InChI is InChI=1S/C12H13NO2/c14-11-4-1-3-10(7-11)8-13-9-12-5-2-6-15-12/h1-7,13-14H,8-9H2/p+1. The minimum atomic E-state index is 0.318. The molecule has 78 valence electrons. The van der Waals surface area contributed by atoms with Crippen LogP contribution in [0.5, 0.6) is 5.75 Å². The molecule has 0 aliphatic heterocycles. The van der Waals surface area contributed by atoms with Crippen molar-refractivity contribution >= 4 is 0 Å². The summed E-state index contributed by atoms with van der Waals surface area (Å²) in [6.45, 7) is 1.66. The van der Waals surface area contributed by atoms with E-state index < -0.39 is 0 Å². The van der Waals surface area contributed by atoms with Gasteiger partial charge in [0.2, 0.25) is 0 Å². The summed E-state index contributed by atoms with van der Waals surface area (Å²) in [5.41, 5.74) is 1.11. The minimum absolute atomic E-state index is 0.318. The van der Waals surface area contributed by atoms with Gasteiger partial charge in [0, 0.05) is 5.56 Å². The fourth-order valence-corrected chi connectivity index (χ4v) is 1.49. The maximum atomic E-state index is 9.26. The van der Waals surface area contributed by atoms with E-state index in [0.29, 0.717) is 5.75 Å². The zero-order chi connectivity index (χ0) is 10.5. The highest BCUT2D eigenvalue weighted by atomic mass is 16.3.